The van der Waals surface area contributed by atoms with Crippen molar-refractivity contribution in [3.05, 3.63) is 35.4 Å². The summed E-state index contributed by atoms with van der Waals surface area (Å²) in [4.78, 5) is 14.6. The average molecular weight is 269 g/mol. The molecule has 1 aromatic rings. The first kappa shape index (κ1) is 15.8. The largest absolute Gasteiger partial charge is 0.292 e. The Balaban J connectivity index is 3.17. The van der Waals surface area contributed by atoms with Crippen molar-refractivity contribution in [2.45, 2.75) is 39.7 Å². The van der Waals surface area contributed by atoms with Crippen LogP contribution in [-0.4, -0.2) is 29.3 Å². The van der Waals surface area contributed by atoms with E-state index in [-0.39, 0.29) is 11.3 Å². The van der Waals surface area contributed by atoms with Crippen LogP contribution < -0.4 is 0 Å². The number of hydrogen-bond donors (Lipinski definition) is 0. The maximum Gasteiger partial charge on any atom is 0.182 e. The van der Waals surface area contributed by atoms with E-state index in [2.05, 4.69) is 0 Å². The minimum Gasteiger partial charge on any atom is -0.292 e. The van der Waals surface area contributed by atoms with Gasteiger partial charge in [0.05, 0.1) is 5.54 Å². The van der Waals surface area contributed by atoms with Crippen molar-refractivity contribution in [1.82, 2.24) is 4.90 Å². The van der Waals surface area contributed by atoms with Crippen LogP contribution in [0.2, 0.25) is 0 Å². The van der Waals surface area contributed by atoms with E-state index in [9.17, 15) is 13.6 Å². The van der Waals surface area contributed by atoms with Gasteiger partial charge < -0.3 is 0 Å². The summed E-state index contributed by atoms with van der Waals surface area (Å²) in [5.41, 5.74) is -0.469. The van der Waals surface area contributed by atoms with Gasteiger partial charge in [-0.25, -0.2) is 8.78 Å². The number of halogens is 2. The molecule has 0 aliphatic carbocycles. The van der Waals surface area contributed by atoms with Crippen molar-refractivity contribution in [2.75, 3.05) is 13.1 Å². The molecule has 4 heteroatoms. The smallest absolute Gasteiger partial charge is 0.182 e. The number of hydrogen-bond acceptors (Lipinski definition) is 2. The van der Waals surface area contributed by atoms with Gasteiger partial charge in [-0.05, 0) is 44.6 Å². The molecule has 0 amide bonds. The molecule has 106 valence electrons. The normalized spacial score (nSPS) is 14.5. The van der Waals surface area contributed by atoms with Crippen LogP contribution in [0.1, 0.15) is 44.5 Å². The zero-order chi connectivity index (χ0) is 14.6. The molecule has 0 N–H and O–H groups in total. The number of likely N-dealkylation sites (N-methyl/N-ethyl adjacent to an activating group) is 1. The molecular weight excluding hydrogens is 248 g/mol. The van der Waals surface area contributed by atoms with Gasteiger partial charge in [0, 0.05) is 5.56 Å². The molecule has 0 spiro atoms. The van der Waals surface area contributed by atoms with Crippen LogP contribution >= 0.6 is 0 Å². The van der Waals surface area contributed by atoms with E-state index in [1.165, 1.54) is 6.07 Å². The highest BCUT2D eigenvalue weighted by Crippen LogP contribution is 2.25. The predicted molar refractivity (Wildman–Crippen MR) is 72.3 cm³/mol. The van der Waals surface area contributed by atoms with Crippen LogP contribution in [0.5, 0.6) is 0 Å². The summed E-state index contributed by atoms with van der Waals surface area (Å²) in [7, 11) is 0. The highest BCUT2D eigenvalue weighted by Gasteiger charge is 2.36. The third kappa shape index (κ3) is 3.00. The van der Waals surface area contributed by atoms with Crippen molar-refractivity contribution in [1.29, 1.82) is 0 Å². The molecule has 19 heavy (non-hydrogen) atoms. The number of carbonyl (C=O) groups excluding carboxylic acids is 1. The Labute approximate surface area is 113 Å². The van der Waals surface area contributed by atoms with Gasteiger partial charge in [-0.3, -0.25) is 9.69 Å². The van der Waals surface area contributed by atoms with Gasteiger partial charge in [0.1, 0.15) is 0 Å². The van der Waals surface area contributed by atoms with Gasteiger partial charge >= 0.3 is 0 Å². The van der Waals surface area contributed by atoms with Gasteiger partial charge in [0.15, 0.2) is 17.4 Å². The fraction of sp³-hybridized carbons (Fsp3) is 0.533. The number of ketones is 1. The summed E-state index contributed by atoms with van der Waals surface area (Å²) in [5.74, 6) is -2.08. The van der Waals surface area contributed by atoms with Crippen molar-refractivity contribution in [2.24, 2.45) is 0 Å². The first-order valence-corrected chi connectivity index (χ1v) is 6.65. The molecule has 0 radical (unpaired) electrons. The van der Waals surface area contributed by atoms with Crippen molar-refractivity contribution >= 4 is 5.78 Å². The first-order chi connectivity index (χ1) is 8.90. The molecule has 1 aromatic carbocycles. The number of nitrogens with zero attached hydrogens (tertiary/aromatic N) is 1. The van der Waals surface area contributed by atoms with E-state index >= 15 is 0 Å². The molecule has 0 saturated carbocycles. The van der Waals surface area contributed by atoms with Gasteiger partial charge in [-0.1, -0.05) is 20.8 Å². The van der Waals surface area contributed by atoms with E-state index in [0.717, 1.165) is 25.2 Å². The van der Waals surface area contributed by atoms with Gasteiger partial charge in [0.2, 0.25) is 0 Å². The summed E-state index contributed by atoms with van der Waals surface area (Å²) in [6.07, 6.45) is 0.618. The summed E-state index contributed by atoms with van der Waals surface area (Å²) in [5, 5.41) is 0. The number of rotatable bonds is 6. The maximum absolute atomic E-state index is 13.3. The first-order valence-electron chi connectivity index (χ1n) is 6.65. The van der Waals surface area contributed by atoms with E-state index in [4.69, 9.17) is 0 Å². The number of carbonyl (C=O) groups is 1. The minimum atomic E-state index is -0.983. The highest BCUT2D eigenvalue weighted by atomic mass is 19.2. The van der Waals surface area contributed by atoms with Crippen molar-refractivity contribution < 1.29 is 13.6 Å². The van der Waals surface area contributed by atoms with Gasteiger partial charge in [-0.2, -0.15) is 0 Å². The Morgan fingerprint density at radius 1 is 1.16 bits per heavy atom. The molecule has 0 heterocycles. The molecule has 2 nitrogen and oxygen atoms in total. The average Bonchev–Trinajstić information content (AvgIpc) is 2.42. The fourth-order valence-corrected chi connectivity index (χ4v) is 2.40. The lowest BCUT2D eigenvalue weighted by atomic mass is 9.86. The SMILES string of the molecule is CCN(CC)C(C)(CC)C(=O)c1ccc(F)c(F)c1. The third-order valence-corrected chi connectivity index (χ3v) is 3.82. The summed E-state index contributed by atoms with van der Waals surface area (Å²) in [6.45, 7) is 9.21. The molecule has 0 bridgehead atoms. The molecule has 1 unspecified atom stereocenters. The van der Waals surface area contributed by atoms with E-state index in [1.807, 2.05) is 32.6 Å². The van der Waals surface area contributed by atoms with E-state index in [1.54, 1.807) is 0 Å². The molecular formula is C15H21F2NO. The second-order valence-electron chi connectivity index (χ2n) is 4.76. The minimum absolute atomic E-state index is 0.169. The van der Waals surface area contributed by atoms with Gasteiger partial charge in [-0.15, -0.1) is 0 Å². The summed E-state index contributed by atoms with van der Waals surface area (Å²) >= 11 is 0. The zero-order valence-electron chi connectivity index (χ0n) is 12.0. The van der Waals surface area contributed by atoms with Crippen LogP contribution in [-0.2, 0) is 0 Å². The predicted octanol–water partition coefficient (Wildman–Crippen LogP) is 3.66. The zero-order valence-corrected chi connectivity index (χ0v) is 12.0. The molecule has 0 saturated heterocycles. The Morgan fingerprint density at radius 2 is 1.74 bits per heavy atom. The Kier molecular flexibility index (Phi) is 5.18. The molecule has 0 fully saturated rings. The summed E-state index contributed by atoms with van der Waals surface area (Å²) in [6, 6.07) is 3.33. The second kappa shape index (κ2) is 6.24. The van der Waals surface area contributed by atoms with Crippen LogP contribution in [0, 0.1) is 11.6 Å². The Morgan fingerprint density at radius 3 is 2.16 bits per heavy atom. The maximum atomic E-state index is 13.3. The lowest BCUT2D eigenvalue weighted by Gasteiger charge is -2.38. The van der Waals surface area contributed by atoms with Crippen molar-refractivity contribution in [3.63, 3.8) is 0 Å². The van der Waals surface area contributed by atoms with E-state index < -0.39 is 17.2 Å². The highest BCUT2D eigenvalue weighted by molar-refractivity contribution is 6.02. The van der Waals surface area contributed by atoms with Crippen LogP contribution in [0.15, 0.2) is 18.2 Å². The standard InChI is InChI=1S/C15H21F2NO/c1-5-15(4,18(6-2)7-3)14(19)11-8-9-12(16)13(17)10-11/h8-10H,5-7H2,1-4H3. The lowest BCUT2D eigenvalue weighted by Crippen LogP contribution is -2.51. The van der Waals surface area contributed by atoms with E-state index in [0.29, 0.717) is 6.42 Å². The second-order valence-corrected chi connectivity index (χ2v) is 4.76. The molecule has 1 rings (SSSR count). The summed E-state index contributed by atoms with van der Waals surface area (Å²) < 4.78 is 26.2. The number of Topliss-reactive ketones (excluding diaryl/α,β-unsaturated/α-hetero) is 1. The fourth-order valence-electron chi connectivity index (χ4n) is 2.40. The quantitative estimate of drug-likeness (QED) is 0.735. The van der Waals surface area contributed by atoms with Crippen molar-refractivity contribution in [3.8, 4) is 0 Å². The topological polar surface area (TPSA) is 20.3 Å². The molecule has 0 aromatic heterocycles. The van der Waals surface area contributed by atoms with Crippen LogP contribution in [0.25, 0.3) is 0 Å². The number of benzene rings is 1. The lowest BCUT2D eigenvalue weighted by molar-refractivity contribution is 0.0607. The Bertz CT molecular complexity index is 457. The third-order valence-electron chi connectivity index (χ3n) is 3.82. The van der Waals surface area contributed by atoms with Crippen LogP contribution in [0.4, 0.5) is 8.78 Å². The Hall–Kier alpha value is -1.29. The monoisotopic (exact) mass is 269 g/mol. The molecule has 0 aliphatic rings. The molecule has 1 atom stereocenters. The van der Waals surface area contributed by atoms with Gasteiger partial charge in [0.25, 0.3) is 0 Å². The van der Waals surface area contributed by atoms with Crippen LogP contribution in [0.3, 0.4) is 0 Å². The molecule has 0 aliphatic heterocycles.